The Morgan fingerprint density at radius 3 is 2.54 bits per heavy atom. The zero-order chi connectivity index (χ0) is 19.9. The molecule has 0 aliphatic carbocycles. The Labute approximate surface area is 168 Å². The number of benzene rings is 2. The second-order valence-corrected chi connectivity index (χ2v) is 9.33. The van der Waals surface area contributed by atoms with Crippen molar-refractivity contribution in [2.24, 2.45) is 17.0 Å². The van der Waals surface area contributed by atoms with Crippen LogP contribution in [0.2, 0.25) is 5.02 Å². The molecule has 0 radical (unpaired) electrons. The van der Waals surface area contributed by atoms with Crippen LogP contribution in [-0.2, 0) is 16.6 Å². The third kappa shape index (κ3) is 4.16. The number of primary sulfonamides is 1. The van der Waals surface area contributed by atoms with Gasteiger partial charge in [-0.2, -0.15) is 0 Å². The van der Waals surface area contributed by atoms with Gasteiger partial charge >= 0.3 is 0 Å². The van der Waals surface area contributed by atoms with Crippen molar-refractivity contribution < 1.29 is 17.5 Å². The molecule has 0 amide bonds. The van der Waals surface area contributed by atoms with Gasteiger partial charge in [-0.05, 0) is 55.3 Å². The largest absolute Gasteiger partial charge is 0.457 e. The number of likely N-dealkylation sites (tertiary alicyclic amines) is 1. The molecule has 2 fully saturated rings. The standard InChI is InChI=1S/C19H21ClFN3O3S/c20-17-6-15(1-3-18(17)21)27-19-4-2-16(28(22,25)26)5-12(19)9-24-10-13-7-23-8-14(13)11-24/h1-6,13-14,23H,7-11H2,(H2,22,25,26). The van der Waals surface area contributed by atoms with E-state index < -0.39 is 15.8 Å². The van der Waals surface area contributed by atoms with Crippen molar-refractivity contribution in [1.29, 1.82) is 0 Å². The first-order valence-corrected chi connectivity index (χ1v) is 10.9. The zero-order valence-electron chi connectivity index (χ0n) is 15.1. The maximum absolute atomic E-state index is 13.4. The summed E-state index contributed by atoms with van der Waals surface area (Å²) in [5.41, 5.74) is 0.708. The first kappa shape index (κ1) is 19.6. The minimum atomic E-state index is -3.83. The molecule has 0 bridgehead atoms. The highest BCUT2D eigenvalue weighted by molar-refractivity contribution is 7.89. The summed E-state index contributed by atoms with van der Waals surface area (Å²) in [5, 5.41) is 8.66. The number of nitrogens with two attached hydrogens (primary N) is 1. The van der Waals surface area contributed by atoms with Crippen molar-refractivity contribution in [3.8, 4) is 11.5 Å². The molecule has 4 rings (SSSR count). The van der Waals surface area contributed by atoms with Crippen LogP contribution >= 0.6 is 11.6 Å². The van der Waals surface area contributed by atoms with E-state index in [2.05, 4.69) is 10.2 Å². The smallest absolute Gasteiger partial charge is 0.238 e. The second-order valence-electron chi connectivity index (χ2n) is 7.37. The fourth-order valence-electron chi connectivity index (χ4n) is 3.95. The maximum atomic E-state index is 13.4. The summed E-state index contributed by atoms with van der Waals surface area (Å²) in [7, 11) is -3.83. The van der Waals surface area contributed by atoms with Gasteiger partial charge in [0, 0.05) is 31.3 Å². The number of nitrogens with zero attached hydrogens (tertiary/aromatic N) is 1. The molecule has 9 heteroatoms. The van der Waals surface area contributed by atoms with Crippen LogP contribution in [0.3, 0.4) is 0 Å². The summed E-state index contributed by atoms with van der Waals surface area (Å²) < 4.78 is 42.9. The zero-order valence-corrected chi connectivity index (χ0v) is 16.6. The summed E-state index contributed by atoms with van der Waals surface area (Å²) in [5.74, 6) is 1.56. The molecule has 6 nitrogen and oxygen atoms in total. The lowest BCUT2D eigenvalue weighted by atomic mass is 10.0. The van der Waals surface area contributed by atoms with Crippen LogP contribution in [0.1, 0.15) is 5.56 Å². The Kier molecular flexibility index (Phi) is 5.32. The fraction of sp³-hybridized carbons (Fsp3) is 0.368. The highest BCUT2D eigenvalue weighted by atomic mass is 35.5. The summed E-state index contributed by atoms with van der Waals surface area (Å²) >= 11 is 5.83. The monoisotopic (exact) mass is 425 g/mol. The van der Waals surface area contributed by atoms with E-state index >= 15 is 0 Å². The molecule has 2 aromatic carbocycles. The predicted octanol–water partition coefficient (Wildman–Crippen LogP) is 2.57. The highest BCUT2D eigenvalue weighted by Gasteiger charge is 2.36. The third-order valence-corrected chi connectivity index (χ3v) is 6.54. The first-order valence-electron chi connectivity index (χ1n) is 9.01. The van der Waals surface area contributed by atoms with Crippen molar-refractivity contribution >= 4 is 21.6 Å². The van der Waals surface area contributed by atoms with Crippen LogP contribution in [0.15, 0.2) is 41.3 Å². The normalized spacial score (nSPS) is 22.4. The second kappa shape index (κ2) is 7.61. The van der Waals surface area contributed by atoms with Gasteiger partial charge in [0.15, 0.2) is 0 Å². The van der Waals surface area contributed by atoms with Crippen molar-refractivity contribution in [3.63, 3.8) is 0 Å². The van der Waals surface area contributed by atoms with Gasteiger partial charge in [0.25, 0.3) is 0 Å². The average Bonchev–Trinajstić information content (AvgIpc) is 3.20. The number of fused-ring (bicyclic) bond motifs is 1. The Hall–Kier alpha value is -1.71. The van der Waals surface area contributed by atoms with Gasteiger partial charge in [0.1, 0.15) is 17.3 Å². The van der Waals surface area contributed by atoms with E-state index in [1.165, 1.54) is 24.3 Å². The molecule has 2 saturated heterocycles. The van der Waals surface area contributed by atoms with Crippen molar-refractivity contribution in [2.45, 2.75) is 11.4 Å². The van der Waals surface area contributed by atoms with E-state index in [0.717, 1.165) is 26.2 Å². The van der Waals surface area contributed by atoms with Gasteiger partial charge in [-0.1, -0.05) is 11.6 Å². The van der Waals surface area contributed by atoms with Gasteiger partial charge in [-0.15, -0.1) is 0 Å². The van der Waals surface area contributed by atoms with E-state index in [-0.39, 0.29) is 9.92 Å². The van der Waals surface area contributed by atoms with Crippen LogP contribution in [0.25, 0.3) is 0 Å². The summed E-state index contributed by atoms with van der Waals surface area (Å²) in [4.78, 5) is 2.33. The van der Waals surface area contributed by atoms with E-state index in [4.69, 9.17) is 21.5 Å². The number of hydrogen-bond donors (Lipinski definition) is 2. The summed E-state index contributed by atoms with van der Waals surface area (Å²) in [6.07, 6.45) is 0. The third-order valence-electron chi connectivity index (χ3n) is 5.34. The van der Waals surface area contributed by atoms with E-state index in [1.54, 1.807) is 12.1 Å². The van der Waals surface area contributed by atoms with Gasteiger partial charge in [-0.25, -0.2) is 17.9 Å². The maximum Gasteiger partial charge on any atom is 0.238 e. The molecule has 150 valence electrons. The van der Waals surface area contributed by atoms with E-state index in [1.807, 2.05) is 0 Å². The number of sulfonamides is 1. The molecule has 0 spiro atoms. The first-order chi connectivity index (χ1) is 13.3. The number of halogens is 2. The Morgan fingerprint density at radius 2 is 1.89 bits per heavy atom. The topological polar surface area (TPSA) is 84.7 Å². The van der Waals surface area contributed by atoms with Crippen LogP contribution in [-0.4, -0.2) is 39.5 Å². The quantitative estimate of drug-likeness (QED) is 0.769. The van der Waals surface area contributed by atoms with Gasteiger partial charge in [0.2, 0.25) is 10.0 Å². The Morgan fingerprint density at radius 1 is 1.18 bits per heavy atom. The van der Waals surface area contributed by atoms with Crippen molar-refractivity contribution in [1.82, 2.24) is 10.2 Å². The van der Waals surface area contributed by atoms with Crippen molar-refractivity contribution in [3.05, 3.63) is 52.8 Å². The fourth-order valence-corrected chi connectivity index (χ4v) is 4.68. The van der Waals surface area contributed by atoms with Crippen LogP contribution in [0.5, 0.6) is 11.5 Å². The van der Waals surface area contributed by atoms with E-state index in [9.17, 15) is 12.8 Å². The minimum absolute atomic E-state index is 0.0352. The molecular formula is C19H21ClFN3O3S. The van der Waals surface area contributed by atoms with Crippen molar-refractivity contribution in [2.75, 3.05) is 26.2 Å². The number of hydrogen-bond acceptors (Lipinski definition) is 5. The SMILES string of the molecule is NS(=O)(=O)c1ccc(Oc2ccc(F)c(Cl)c2)c(CN2CC3CNCC3C2)c1. The molecule has 2 aliphatic rings. The Balaban J connectivity index is 1.62. The molecule has 2 unspecified atom stereocenters. The molecular weight excluding hydrogens is 405 g/mol. The highest BCUT2D eigenvalue weighted by Crippen LogP contribution is 2.33. The summed E-state index contributed by atoms with van der Waals surface area (Å²) in [6.45, 7) is 4.45. The average molecular weight is 426 g/mol. The van der Waals surface area contributed by atoms with Crippen LogP contribution in [0.4, 0.5) is 4.39 Å². The molecule has 2 aromatic rings. The van der Waals surface area contributed by atoms with Gasteiger partial charge < -0.3 is 10.1 Å². The molecule has 0 aromatic heterocycles. The lowest BCUT2D eigenvalue weighted by Crippen LogP contribution is -2.25. The lowest BCUT2D eigenvalue weighted by Gasteiger charge is -2.20. The summed E-state index contributed by atoms with van der Waals surface area (Å²) in [6, 6.07) is 8.62. The molecule has 3 N–H and O–H groups in total. The molecule has 0 saturated carbocycles. The van der Waals surface area contributed by atoms with Crippen LogP contribution < -0.4 is 15.2 Å². The number of ether oxygens (including phenoxy) is 1. The predicted molar refractivity (Wildman–Crippen MR) is 104 cm³/mol. The molecule has 2 atom stereocenters. The molecule has 2 heterocycles. The molecule has 28 heavy (non-hydrogen) atoms. The Bertz CT molecular complexity index is 990. The minimum Gasteiger partial charge on any atom is -0.457 e. The van der Waals surface area contributed by atoms with Crippen LogP contribution in [0, 0.1) is 17.7 Å². The van der Waals surface area contributed by atoms with Gasteiger partial charge in [-0.3, -0.25) is 4.90 Å². The molecule has 2 aliphatic heterocycles. The number of nitrogens with one attached hydrogen (secondary N) is 1. The van der Waals surface area contributed by atoms with E-state index in [0.29, 0.717) is 35.4 Å². The van der Waals surface area contributed by atoms with Gasteiger partial charge in [0.05, 0.1) is 9.92 Å². The lowest BCUT2D eigenvalue weighted by molar-refractivity contribution is 0.301. The number of rotatable bonds is 5.